The molecule has 1 heterocycles. The van der Waals surface area contributed by atoms with E-state index in [4.69, 9.17) is 0 Å². The average Bonchev–Trinajstić information content (AvgIpc) is 2.69. The standard InChI is InChI=1S/C21H24FN3O2/c22-17-6-8-19(9-7-17)23-20(26)12-15-25-13-10-16(11-14-25)21(27)24-18-4-2-1-3-5-18/h1-9,16H,10-15H2,(H,23,26)(H,24,27). The van der Waals surface area contributed by atoms with Crippen molar-refractivity contribution < 1.29 is 14.0 Å². The van der Waals surface area contributed by atoms with Crippen molar-refractivity contribution in [3.05, 3.63) is 60.4 Å². The van der Waals surface area contributed by atoms with Gasteiger partial charge in [0.25, 0.3) is 0 Å². The molecule has 5 nitrogen and oxygen atoms in total. The molecular formula is C21H24FN3O2. The van der Waals surface area contributed by atoms with Gasteiger partial charge in [-0.2, -0.15) is 0 Å². The molecule has 0 bridgehead atoms. The molecule has 0 unspecified atom stereocenters. The highest BCUT2D eigenvalue weighted by Crippen LogP contribution is 2.20. The van der Waals surface area contributed by atoms with Crippen molar-refractivity contribution in [3.8, 4) is 0 Å². The fourth-order valence-electron chi connectivity index (χ4n) is 3.20. The predicted molar refractivity (Wildman–Crippen MR) is 104 cm³/mol. The van der Waals surface area contributed by atoms with Gasteiger partial charge >= 0.3 is 0 Å². The highest BCUT2D eigenvalue weighted by Gasteiger charge is 2.25. The summed E-state index contributed by atoms with van der Waals surface area (Å²) in [7, 11) is 0. The second kappa shape index (κ2) is 9.28. The van der Waals surface area contributed by atoms with Crippen LogP contribution in [0.5, 0.6) is 0 Å². The zero-order chi connectivity index (χ0) is 19.1. The van der Waals surface area contributed by atoms with Gasteiger partial charge in [0.15, 0.2) is 0 Å². The summed E-state index contributed by atoms with van der Waals surface area (Å²) < 4.78 is 12.9. The van der Waals surface area contributed by atoms with Crippen molar-refractivity contribution in [2.24, 2.45) is 5.92 Å². The third-order valence-electron chi connectivity index (χ3n) is 4.78. The van der Waals surface area contributed by atoms with Gasteiger partial charge in [-0.1, -0.05) is 18.2 Å². The van der Waals surface area contributed by atoms with Crippen molar-refractivity contribution >= 4 is 23.2 Å². The zero-order valence-corrected chi connectivity index (χ0v) is 15.2. The molecule has 1 aliphatic rings. The number of carbonyl (C=O) groups is 2. The van der Waals surface area contributed by atoms with E-state index in [1.165, 1.54) is 12.1 Å². The highest BCUT2D eigenvalue weighted by molar-refractivity contribution is 5.92. The maximum absolute atomic E-state index is 12.9. The van der Waals surface area contributed by atoms with Crippen molar-refractivity contribution in [2.45, 2.75) is 19.3 Å². The quantitative estimate of drug-likeness (QED) is 0.819. The minimum absolute atomic E-state index is 0.00879. The van der Waals surface area contributed by atoms with Gasteiger partial charge in [0.1, 0.15) is 5.82 Å². The van der Waals surface area contributed by atoms with Crippen LogP contribution in [0.2, 0.25) is 0 Å². The Hall–Kier alpha value is -2.73. The lowest BCUT2D eigenvalue weighted by Crippen LogP contribution is -2.39. The third kappa shape index (κ3) is 5.89. The topological polar surface area (TPSA) is 61.4 Å². The Morgan fingerprint density at radius 2 is 1.56 bits per heavy atom. The molecule has 0 spiro atoms. The fraction of sp³-hybridized carbons (Fsp3) is 0.333. The molecule has 3 rings (SSSR count). The van der Waals surface area contributed by atoms with E-state index in [0.29, 0.717) is 18.7 Å². The molecule has 0 saturated carbocycles. The molecule has 0 aromatic heterocycles. The first-order chi connectivity index (χ1) is 13.1. The Labute approximate surface area is 158 Å². The van der Waals surface area contributed by atoms with Crippen LogP contribution in [0.25, 0.3) is 0 Å². The lowest BCUT2D eigenvalue weighted by Gasteiger charge is -2.31. The van der Waals surface area contributed by atoms with E-state index in [9.17, 15) is 14.0 Å². The van der Waals surface area contributed by atoms with Gasteiger partial charge in [-0.25, -0.2) is 4.39 Å². The number of anilines is 2. The molecule has 2 aromatic carbocycles. The van der Waals surface area contributed by atoms with Crippen LogP contribution in [-0.4, -0.2) is 36.3 Å². The molecule has 1 aliphatic heterocycles. The minimum atomic E-state index is -0.327. The number of likely N-dealkylation sites (tertiary alicyclic amines) is 1. The summed E-state index contributed by atoms with van der Waals surface area (Å²) in [6.07, 6.45) is 1.95. The number of hydrogen-bond donors (Lipinski definition) is 2. The zero-order valence-electron chi connectivity index (χ0n) is 15.2. The Morgan fingerprint density at radius 3 is 2.22 bits per heavy atom. The first-order valence-electron chi connectivity index (χ1n) is 9.24. The number of amides is 2. The van der Waals surface area contributed by atoms with Gasteiger partial charge in [0, 0.05) is 30.3 Å². The van der Waals surface area contributed by atoms with E-state index in [1.54, 1.807) is 12.1 Å². The SMILES string of the molecule is O=C(CCN1CCC(C(=O)Nc2ccccc2)CC1)Nc1ccc(F)cc1. The predicted octanol–water partition coefficient (Wildman–Crippen LogP) is 3.51. The summed E-state index contributed by atoms with van der Waals surface area (Å²) in [6.45, 7) is 2.26. The number of nitrogens with zero attached hydrogens (tertiary/aromatic N) is 1. The van der Waals surface area contributed by atoms with E-state index in [1.807, 2.05) is 30.3 Å². The van der Waals surface area contributed by atoms with E-state index >= 15 is 0 Å². The molecule has 2 amide bonds. The van der Waals surface area contributed by atoms with Gasteiger partial charge in [-0.05, 0) is 62.3 Å². The van der Waals surface area contributed by atoms with Crippen LogP contribution < -0.4 is 10.6 Å². The van der Waals surface area contributed by atoms with E-state index in [-0.39, 0.29) is 23.5 Å². The summed E-state index contributed by atoms with van der Waals surface area (Å²) >= 11 is 0. The minimum Gasteiger partial charge on any atom is -0.326 e. The Bertz CT molecular complexity index is 757. The Morgan fingerprint density at radius 1 is 0.926 bits per heavy atom. The van der Waals surface area contributed by atoms with Crippen molar-refractivity contribution in [1.29, 1.82) is 0 Å². The first-order valence-corrected chi connectivity index (χ1v) is 9.24. The molecular weight excluding hydrogens is 345 g/mol. The molecule has 1 saturated heterocycles. The largest absolute Gasteiger partial charge is 0.326 e. The van der Waals surface area contributed by atoms with Crippen molar-refractivity contribution in [1.82, 2.24) is 4.90 Å². The lowest BCUT2D eigenvalue weighted by atomic mass is 9.95. The monoisotopic (exact) mass is 369 g/mol. The summed E-state index contributed by atoms with van der Waals surface area (Å²) in [6, 6.07) is 15.2. The molecule has 1 fully saturated rings. The third-order valence-corrected chi connectivity index (χ3v) is 4.78. The number of halogens is 1. The summed E-state index contributed by atoms with van der Waals surface area (Å²) in [5.74, 6) is -0.345. The molecule has 142 valence electrons. The molecule has 27 heavy (non-hydrogen) atoms. The number of piperidine rings is 1. The normalized spacial score (nSPS) is 15.3. The summed E-state index contributed by atoms with van der Waals surface area (Å²) in [5.41, 5.74) is 1.42. The summed E-state index contributed by atoms with van der Waals surface area (Å²) in [5, 5.41) is 5.73. The van der Waals surface area contributed by atoms with Crippen LogP contribution >= 0.6 is 0 Å². The van der Waals surface area contributed by atoms with Crippen LogP contribution in [0.1, 0.15) is 19.3 Å². The number of benzene rings is 2. The van der Waals surface area contributed by atoms with Crippen LogP contribution in [0.3, 0.4) is 0 Å². The van der Waals surface area contributed by atoms with Crippen LogP contribution in [0, 0.1) is 11.7 Å². The molecule has 0 aliphatic carbocycles. The van der Waals surface area contributed by atoms with Crippen molar-refractivity contribution in [3.63, 3.8) is 0 Å². The van der Waals surface area contributed by atoms with Gasteiger partial charge in [0.05, 0.1) is 0 Å². The Kier molecular flexibility index (Phi) is 6.54. The van der Waals surface area contributed by atoms with E-state index < -0.39 is 0 Å². The molecule has 0 radical (unpaired) electrons. The summed E-state index contributed by atoms with van der Waals surface area (Å²) in [4.78, 5) is 26.6. The highest BCUT2D eigenvalue weighted by atomic mass is 19.1. The van der Waals surface area contributed by atoms with Gasteiger partial charge in [-0.15, -0.1) is 0 Å². The molecule has 0 atom stereocenters. The second-order valence-electron chi connectivity index (χ2n) is 6.78. The van der Waals surface area contributed by atoms with Gasteiger partial charge < -0.3 is 15.5 Å². The van der Waals surface area contributed by atoms with Crippen LogP contribution in [0.4, 0.5) is 15.8 Å². The molecule has 2 aromatic rings. The van der Waals surface area contributed by atoms with E-state index in [2.05, 4.69) is 15.5 Å². The number of para-hydroxylation sites is 1. The maximum Gasteiger partial charge on any atom is 0.227 e. The van der Waals surface area contributed by atoms with Gasteiger partial charge in [-0.3, -0.25) is 9.59 Å². The smallest absolute Gasteiger partial charge is 0.227 e. The second-order valence-corrected chi connectivity index (χ2v) is 6.78. The lowest BCUT2D eigenvalue weighted by molar-refractivity contribution is -0.121. The molecule has 6 heteroatoms. The number of rotatable bonds is 6. The van der Waals surface area contributed by atoms with Crippen LogP contribution in [-0.2, 0) is 9.59 Å². The van der Waals surface area contributed by atoms with E-state index in [0.717, 1.165) is 31.6 Å². The molecule has 2 N–H and O–H groups in total. The van der Waals surface area contributed by atoms with Gasteiger partial charge in [0.2, 0.25) is 11.8 Å². The average molecular weight is 369 g/mol. The number of nitrogens with one attached hydrogen (secondary N) is 2. The van der Waals surface area contributed by atoms with Crippen LogP contribution in [0.15, 0.2) is 54.6 Å². The number of hydrogen-bond acceptors (Lipinski definition) is 3. The maximum atomic E-state index is 12.9. The number of carbonyl (C=O) groups excluding carboxylic acids is 2. The van der Waals surface area contributed by atoms with Crippen molar-refractivity contribution in [2.75, 3.05) is 30.3 Å². The fourth-order valence-corrected chi connectivity index (χ4v) is 3.20. The first kappa shape index (κ1) is 19.0. The Balaban J connectivity index is 1.37.